The van der Waals surface area contributed by atoms with Gasteiger partial charge < -0.3 is 4.74 Å². The number of rotatable bonds is 4. The Hall–Kier alpha value is -2.01. The van der Waals surface area contributed by atoms with E-state index >= 15 is 0 Å². The van der Waals surface area contributed by atoms with Crippen molar-refractivity contribution in [1.82, 2.24) is 19.9 Å². The molecule has 2 aromatic heterocycles. The largest absolute Gasteiger partial charge is 0.495 e. The molecule has 0 amide bonds. The fraction of sp³-hybridized carbons (Fsp3) is 0.550. The summed E-state index contributed by atoms with van der Waals surface area (Å²) in [6, 6.07) is 2.06. The number of ether oxygens (including phenoxy) is 1. The lowest BCUT2D eigenvalue weighted by Gasteiger charge is -2.29. The van der Waals surface area contributed by atoms with Crippen molar-refractivity contribution in [1.29, 1.82) is 0 Å². The third kappa shape index (κ3) is 3.82. The molecular formula is C20H26N4O. The number of nitrogens with zero attached hydrogens (tertiary/aromatic N) is 4. The minimum atomic E-state index is 0.583. The van der Waals surface area contributed by atoms with Crippen LogP contribution >= 0.6 is 0 Å². The van der Waals surface area contributed by atoms with Crippen LogP contribution in [0.1, 0.15) is 60.7 Å². The van der Waals surface area contributed by atoms with Crippen LogP contribution in [0.25, 0.3) is 0 Å². The maximum absolute atomic E-state index is 5.27. The molecule has 1 aliphatic carbocycles. The second-order valence-corrected chi connectivity index (χ2v) is 7.23. The Morgan fingerprint density at radius 3 is 2.88 bits per heavy atom. The molecule has 0 radical (unpaired) electrons. The first-order chi connectivity index (χ1) is 12.3. The van der Waals surface area contributed by atoms with E-state index in [0.29, 0.717) is 5.92 Å². The predicted octanol–water partition coefficient (Wildman–Crippen LogP) is 3.49. The standard InChI is InChI=1S/C20H26N4O/c1-25-18-9-15(10-21-12-18)13-24-8-7-19-17(14-24)11-22-20(23-19)16-5-3-2-4-6-16/h9-12,16H,2-8,13-14H2,1H3. The summed E-state index contributed by atoms with van der Waals surface area (Å²) in [6.45, 7) is 2.83. The van der Waals surface area contributed by atoms with Gasteiger partial charge in [0.05, 0.1) is 13.3 Å². The van der Waals surface area contributed by atoms with Gasteiger partial charge in [-0.15, -0.1) is 0 Å². The van der Waals surface area contributed by atoms with Gasteiger partial charge in [0.1, 0.15) is 11.6 Å². The van der Waals surface area contributed by atoms with Crippen LogP contribution in [0.5, 0.6) is 5.75 Å². The lowest BCUT2D eigenvalue weighted by molar-refractivity contribution is 0.241. The lowest BCUT2D eigenvalue weighted by atomic mass is 9.88. The molecule has 1 saturated carbocycles. The van der Waals surface area contributed by atoms with E-state index in [1.165, 1.54) is 48.9 Å². The first-order valence-corrected chi connectivity index (χ1v) is 9.37. The maximum atomic E-state index is 5.27. The van der Waals surface area contributed by atoms with Gasteiger partial charge in [-0.05, 0) is 24.5 Å². The predicted molar refractivity (Wildman–Crippen MR) is 96.5 cm³/mol. The highest BCUT2D eigenvalue weighted by Gasteiger charge is 2.22. The van der Waals surface area contributed by atoms with Crippen molar-refractivity contribution >= 4 is 0 Å². The monoisotopic (exact) mass is 338 g/mol. The molecule has 0 aromatic carbocycles. The Bertz CT molecular complexity index is 727. The zero-order valence-corrected chi connectivity index (χ0v) is 14.9. The second-order valence-electron chi connectivity index (χ2n) is 7.23. The van der Waals surface area contributed by atoms with Crippen LogP contribution in [0.15, 0.2) is 24.7 Å². The first kappa shape index (κ1) is 16.5. The Morgan fingerprint density at radius 1 is 1.16 bits per heavy atom. The summed E-state index contributed by atoms with van der Waals surface area (Å²) < 4.78 is 5.27. The van der Waals surface area contributed by atoms with E-state index < -0.39 is 0 Å². The van der Waals surface area contributed by atoms with Crippen LogP contribution in [0.3, 0.4) is 0 Å². The van der Waals surface area contributed by atoms with E-state index in [9.17, 15) is 0 Å². The zero-order chi connectivity index (χ0) is 17.1. The minimum Gasteiger partial charge on any atom is -0.495 e. The average Bonchev–Trinajstić information content (AvgIpc) is 2.68. The average molecular weight is 338 g/mol. The highest BCUT2D eigenvalue weighted by Crippen LogP contribution is 2.31. The molecule has 2 aliphatic rings. The number of hydrogen-bond donors (Lipinski definition) is 0. The van der Waals surface area contributed by atoms with Crippen LogP contribution in [0.2, 0.25) is 0 Å². The molecule has 1 aliphatic heterocycles. The van der Waals surface area contributed by atoms with E-state index in [4.69, 9.17) is 14.7 Å². The SMILES string of the molecule is COc1cncc(CN2CCc3nc(C4CCCCC4)ncc3C2)c1. The highest BCUT2D eigenvalue weighted by molar-refractivity contribution is 5.25. The van der Waals surface area contributed by atoms with Gasteiger partial charge in [-0.2, -0.15) is 0 Å². The van der Waals surface area contributed by atoms with E-state index in [-0.39, 0.29) is 0 Å². The summed E-state index contributed by atoms with van der Waals surface area (Å²) in [7, 11) is 1.68. The van der Waals surface area contributed by atoms with Gasteiger partial charge in [0.25, 0.3) is 0 Å². The van der Waals surface area contributed by atoms with Crippen molar-refractivity contribution in [2.45, 2.75) is 57.5 Å². The zero-order valence-electron chi connectivity index (χ0n) is 14.9. The van der Waals surface area contributed by atoms with Gasteiger partial charge in [-0.25, -0.2) is 9.97 Å². The number of pyridine rings is 1. The summed E-state index contributed by atoms with van der Waals surface area (Å²) in [6.07, 6.45) is 13.3. The highest BCUT2D eigenvalue weighted by atomic mass is 16.5. The van der Waals surface area contributed by atoms with Crippen LogP contribution < -0.4 is 4.74 Å². The third-order valence-electron chi connectivity index (χ3n) is 5.41. The van der Waals surface area contributed by atoms with Gasteiger partial charge in [-0.1, -0.05) is 19.3 Å². The molecule has 0 spiro atoms. The summed E-state index contributed by atoms with van der Waals surface area (Å²) in [5.74, 6) is 2.49. The maximum Gasteiger partial charge on any atom is 0.137 e. The number of hydrogen-bond acceptors (Lipinski definition) is 5. The van der Waals surface area contributed by atoms with Gasteiger partial charge in [0, 0.05) is 55.6 Å². The van der Waals surface area contributed by atoms with Crippen molar-refractivity contribution in [3.05, 3.63) is 47.3 Å². The summed E-state index contributed by atoms with van der Waals surface area (Å²) in [4.78, 5) is 16.3. The van der Waals surface area contributed by atoms with Gasteiger partial charge in [0.15, 0.2) is 0 Å². The molecule has 0 saturated heterocycles. The van der Waals surface area contributed by atoms with E-state index in [0.717, 1.165) is 37.6 Å². The fourth-order valence-corrected chi connectivity index (χ4v) is 4.00. The van der Waals surface area contributed by atoms with E-state index in [1.807, 2.05) is 6.20 Å². The third-order valence-corrected chi connectivity index (χ3v) is 5.41. The topological polar surface area (TPSA) is 51.1 Å². The Morgan fingerprint density at radius 2 is 2.04 bits per heavy atom. The molecule has 2 aromatic rings. The molecule has 25 heavy (non-hydrogen) atoms. The molecule has 0 unspecified atom stereocenters. The van der Waals surface area contributed by atoms with Crippen LogP contribution in [0, 0.1) is 0 Å². The fourth-order valence-electron chi connectivity index (χ4n) is 4.00. The van der Waals surface area contributed by atoms with Crippen LogP contribution in [0.4, 0.5) is 0 Å². The van der Waals surface area contributed by atoms with Crippen molar-refractivity contribution in [3.63, 3.8) is 0 Å². The molecule has 0 atom stereocenters. The molecule has 0 N–H and O–H groups in total. The van der Waals surface area contributed by atoms with Crippen molar-refractivity contribution in [2.75, 3.05) is 13.7 Å². The smallest absolute Gasteiger partial charge is 0.137 e. The second kappa shape index (κ2) is 7.48. The van der Waals surface area contributed by atoms with Crippen molar-refractivity contribution < 1.29 is 4.74 Å². The van der Waals surface area contributed by atoms with Gasteiger partial charge >= 0.3 is 0 Å². The Labute approximate surface area is 149 Å². The molecule has 5 nitrogen and oxygen atoms in total. The summed E-state index contributed by atoms with van der Waals surface area (Å²) in [5, 5.41) is 0. The number of fused-ring (bicyclic) bond motifs is 1. The molecule has 4 rings (SSSR count). The lowest BCUT2D eigenvalue weighted by Crippen LogP contribution is -2.31. The van der Waals surface area contributed by atoms with Crippen molar-refractivity contribution in [2.24, 2.45) is 0 Å². The number of aromatic nitrogens is 3. The molecule has 0 bridgehead atoms. The molecule has 1 fully saturated rings. The summed E-state index contributed by atoms with van der Waals surface area (Å²) >= 11 is 0. The van der Waals surface area contributed by atoms with Crippen LogP contribution in [-0.4, -0.2) is 33.5 Å². The first-order valence-electron chi connectivity index (χ1n) is 9.37. The van der Waals surface area contributed by atoms with Crippen molar-refractivity contribution in [3.8, 4) is 5.75 Å². The van der Waals surface area contributed by atoms with E-state index in [1.54, 1.807) is 13.3 Å². The molecule has 5 heteroatoms. The molecule has 132 valence electrons. The van der Waals surface area contributed by atoms with Gasteiger partial charge in [0.2, 0.25) is 0 Å². The Balaban J connectivity index is 1.44. The summed E-state index contributed by atoms with van der Waals surface area (Å²) in [5.41, 5.74) is 3.72. The molecule has 3 heterocycles. The normalized spacial score (nSPS) is 18.8. The van der Waals surface area contributed by atoms with Crippen LogP contribution in [-0.2, 0) is 19.5 Å². The van der Waals surface area contributed by atoms with Gasteiger partial charge in [-0.3, -0.25) is 9.88 Å². The quantitative estimate of drug-likeness (QED) is 0.854. The Kier molecular flexibility index (Phi) is 4.92. The van der Waals surface area contributed by atoms with E-state index in [2.05, 4.69) is 22.1 Å². The number of methoxy groups -OCH3 is 1. The minimum absolute atomic E-state index is 0.583. The molecular weight excluding hydrogens is 312 g/mol.